The minimum atomic E-state index is -0.877. The molecule has 1 heterocycles. The molecule has 0 radical (unpaired) electrons. The van der Waals surface area contributed by atoms with Crippen LogP contribution in [0.25, 0.3) is 11.0 Å². The molecule has 1 saturated carbocycles. The van der Waals surface area contributed by atoms with Gasteiger partial charge in [-0.05, 0) is 44.2 Å². The summed E-state index contributed by atoms with van der Waals surface area (Å²) in [6.45, 7) is 3.21. The summed E-state index contributed by atoms with van der Waals surface area (Å²) in [5.41, 5.74) is -0.265. The van der Waals surface area contributed by atoms with Gasteiger partial charge in [-0.15, -0.1) is 0 Å². The van der Waals surface area contributed by atoms with E-state index in [-0.39, 0.29) is 18.3 Å². The van der Waals surface area contributed by atoms with Gasteiger partial charge in [-0.1, -0.05) is 11.6 Å². The first-order valence-electron chi connectivity index (χ1n) is 7.91. The number of fused-ring (bicyclic) bond motifs is 1. The molecule has 0 aliphatic heterocycles. The smallest absolute Gasteiger partial charge is 0.336 e. The third-order valence-corrected chi connectivity index (χ3v) is 4.68. The number of nitrogens with zero attached hydrogens (tertiary/aromatic N) is 1. The average molecular weight is 361 g/mol. The van der Waals surface area contributed by atoms with Crippen LogP contribution in [0.3, 0.4) is 0 Å². The zero-order valence-corrected chi connectivity index (χ0v) is 14.6. The minimum absolute atomic E-state index is 0.183. The molecule has 1 aliphatic rings. The molecule has 0 bridgehead atoms. The van der Waals surface area contributed by atoms with Crippen molar-refractivity contribution in [1.82, 2.24) is 5.32 Å². The maximum absolute atomic E-state index is 12.1. The number of aryl methyl sites for hydroxylation is 1. The molecule has 2 aromatic rings. The Bertz CT molecular complexity index is 942. The molecule has 1 amide bonds. The molecule has 0 saturated heterocycles. The topological polar surface area (TPSA) is 92.3 Å². The van der Waals surface area contributed by atoms with Crippen molar-refractivity contribution < 1.29 is 13.9 Å². The molecule has 7 heteroatoms. The number of halogens is 1. The van der Waals surface area contributed by atoms with Crippen LogP contribution >= 0.6 is 11.6 Å². The van der Waals surface area contributed by atoms with Crippen molar-refractivity contribution in [2.24, 2.45) is 5.92 Å². The van der Waals surface area contributed by atoms with Crippen LogP contribution in [0.15, 0.2) is 27.4 Å². The summed E-state index contributed by atoms with van der Waals surface area (Å²) in [4.78, 5) is 23.6. The lowest BCUT2D eigenvalue weighted by molar-refractivity contribution is -0.124. The Hall–Kier alpha value is -2.52. The lowest BCUT2D eigenvalue weighted by Crippen LogP contribution is -2.48. The van der Waals surface area contributed by atoms with Crippen LogP contribution in [0.2, 0.25) is 5.02 Å². The second kappa shape index (κ2) is 6.41. The van der Waals surface area contributed by atoms with Crippen LogP contribution in [-0.4, -0.2) is 18.1 Å². The molecule has 130 valence electrons. The molecule has 6 nitrogen and oxygen atoms in total. The van der Waals surface area contributed by atoms with E-state index in [1.807, 2.05) is 0 Å². The summed E-state index contributed by atoms with van der Waals surface area (Å²) in [7, 11) is 0. The normalized spacial score (nSPS) is 16.1. The maximum atomic E-state index is 12.1. The van der Waals surface area contributed by atoms with E-state index in [0.717, 1.165) is 18.4 Å². The number of amides is 1. The highest BCUT2D eigenvalue weighted by Gasteiger charge is 2.43. The quantitative estimate of drug-likeness (QED) is 0.827. The zero-order valence-electron chi connectivity index (χ0n) is 13.9. The van der Waals surface area contributed by atoms with Crippen molar-refractivity contribution >= 4 is 28.5 Å². The fourth-order valence-corrected chi connectivity index (χ4v) is 3.00. The Labute approximate surface area is 149 Å². The highest BCUT2D eigenvalue weighted by atomic mass is 35.5. The molecule has 1 aliphatic carbocycles. The zero-order chi connectivity index (χ0) is 18.2. The number of nitriles is 1. The van der Waals surface area contributed by atoms with E-state index >= 15 is 0 Å². The lowest BCUT2D eigenvalue weighted by Gasteiger charge is -2.22. The van der Waals surface area contributed by atoms with Crippen LogP contribution in [-0.2, 0) is 4.79 Å². The van der Waals surface area contributed by atoms with Crippen LogP contribution in [0.5, 0.6) is 5.75 Å². The lowest BCUT2D eigenvalue weighted by atomic mass is 9.98. The molecule has 1 N–H and O–H groups in total. The summed E-state index contributed by atoms with van der Waals surface area (Å²) >= 11 is 6.19. The first kappa shape index (κ1) is 17.3. The first-order chi connectivity index (χ1) is 11.8. The Morgan fingerprint density at radius 1 is 1.48 bits per heavy atom. The second-order valence-electron chi connectivity index (χ2n) is 6.45. The van der Waals surface area contributed by atoms with Crippen molar-refractivity contribution in [1.29, 1.82) is 5.26 Å². The number of rotatable bonds is 5. The Morgan fingerprint density at radius 3 is 2.84 bits per heavy atom. The number of carbonyl (C=O) groups excluding carboxylic acids is 1. The summed E-state index contributed by atoms with van der Waals surface area (Å²) in [6.07, 6.45) is 1.86. The number of ether oxygens (including phenoxy) is 1. The molecule has 25 heavy (non-hydrogen) atoms. The van der Waals surface area contributed by atoms with E-state index in [9.17, 15) is 14.9 Å². The molecule has 1 unspecified atom stereocenters. The van der Waals surface area contributed by atoms with Gasteiger partial charge >= 0.3 is 5.63 Å². The van der Waals surface area contributed by atoms with Gasteiger partial charge in [0.25, 0.3) is 5.91 Å². The van der Waals surface area contributed by atoms with Gasteiger partial charge < -0.3 is 14.5 Å². The number of carbonyl (C=O) groups is 1. The highest BCUT2D eigenvalue weighted by molar-refractivity contribution is 6.32. The molecule has 1 aromatic heterocycles. The summed E-state index contributed by atoms with van der Waals surface area (Å²) in [6, 6.07) is 6.66. The van der Waals surface area contributed by atoms with E-state index in [1.54, 1.807) is 19.9 Å². The van der Waals surface area contributed by atoms with Crippen molar-refractivity contribution in [3.63, 3.8) is 0 Å². The first-order valence-corrected chi connectivity index (χ1v) is 8.29. The molecule has 1 atom stereocenters. The molecule has 3 rings (SSSR count). The van der Waals surface area contributed by atoms with Crippen molar-refractivity contribution in [3.8, 4) is 11.8 Å². The predicted molar refractivity (Wildman–Crippen MR) is 92.6 cm³/mol. The second-order valence-corrected chi connectivity index (χ2v) is 6.86. The number of benzene rings is 1. The predicted octanol–water partition coefficient (Wildman–Crippen LogP) is 2.94. The van der Waals surface area contributed by atoms with Gasteiger partial charge in [-0.2, -0.15) is 5.26 Å². The fourth-order valence-electron chi connectivity index (χ4n) is 2.78. The summed E-state index contributed by atoms with van der Waals surface area (Å²) in [5, 5.41) is 13.0. The molecular formula is C18H17ClN2O4. The number of hydrogen-bond acceptors (Lipinski definition) is 5. The van der Waals surface area contributed by atoms with Crippen LogP contribution < -0.4 is 15.7 Å². The van der Waals surface area contributed by atoms with Crippen molar-refractivity contribution in [3.05, 3.63) is 39.2 Å². The van der Waals surface area contributed by atoms with Crippen molar-refractivity contribution in [2.45, 2.75) is 32.2 Å². The standard InChI is InChI=1S/C18H17ClN2O4/c1-10-5-17(23)25-14-7-15(13(19)6-12(10)14)24-8-16(22)21-18(2,9-20)11-3-4-11/h5-7,11H,3-4,8H2,1-2H3,(H,21,22). The van der Waals surface area contributed by atoms with Crippen LogP contribution in [0, 0.1) is 24.2 Å². The average Bonchev–Trinajstić information content (AvgIpc) is 3.39. The third kappa shape index (κ3) is 3.62. The van der Waals surface area contributed by atoms with E-state index in [1.165, 1.54) is 12.1 Å². The van der Waals surface area contributed by atoms with Gasteiger partial charge in [0.05, 0.1) is 11.1 Å². The minimum Gasteiger partial charge on any atom is -0.482 e. The highest BCUT2D eigenvalue weighted by Crippen LogP contribution is 2.39. The third-order valence-electron chi connectivity index (χ3n) is 4.39. The largest absolute Gasteiger partial charge is 0.482 e. The van der Waals surface area contributed by atoms with Crippen LogP contribution in [0.4, 0.5) is 0 Å². The summed E-state index contributed by atoms with van der Waals surface area (Å²) in [5.74, 6) is 0.0175. The Balaban J connectivity index is 1.75. The molecule has 1 aromatic carbocycles. The van der Waals surface area contributed by atoms with Gasteiger partial charge in [0, 0.05) is 17.5 Å². The van der Waals surface area contributed by atoms with E-state index in [2.05, 4.69) is 11.4 Å². The molecular weight excluding hydrogens is 344 g/mol. The van der Waals surface area contributed by atoms with Gasteiger partial charge in [0.1, 0.15) is 16.9 Å². The monoisotopic (exact) mass is 360 g/mol. The van der Waals surface area contributed by atoms with Gasteiger partial charge in [0.15, 0.2) is 6.61 Å². The van der Waals surface area contributed by atoms with E-state index in [4.69, 9.17) is 20.8 Å². The number of nitrogens with one attached hydrogen (secondary N) is 1. The SMILES string of the molecule is Cc1cc(=O)oc2cc(OCC(=O)NC(C)(C#N)C3CC3)c(Cl)cc12. The maximum Gasteiger partial charge on any atom is 0.336 e. The van der Waals surface area contributed by atoms with Gasteiger partial charge in [-0.3, -0.25) is 4.79 Å². The Morgan fingerprint density at radius 2 is 2.20 bits per heavy atom. The van der Waals surface area contributed by atoms with Crippen LogP contribution in [0.1, 0.15) is 25.3 Å². The van der Waals surface area contributed by atoms with Gasteiger partial charge in [-0.25, -0.2) is 4.79 Å². The number of hydrogen-bond donors (Lipinski definition) is 1. The molecule has 1 fully saturated rings. The van der Waals surface area contributed by atoms with E-state index in [0.29, 0.717) is 16.0 Å². The summed E-state index contributed by atoms with van der Waals surface area (Å²) < 4.78 is 10.6. The van der Waals surface area contributed by atoms with Crippen molar-refractivity contribution in [2.75, 3.05) is 6.61 Å². The van der Waals surface area contributed by atoms with E-state index < -0.39 is 17.1 Å². The van der Waals surface area contributed by atoms with Gasteiger partial charge in [0.2, 0.25) is 0 Å². The fraction of sp³-hybridized carbons (Fsp3) is 0.389. The molecule has 0 spiro atoms. The Kier molecular flexibility index (Phi) is 4.44.